The van der Waals surface area contributed by atoms with Gasteiger partial charge in [-0.2, -0.15) is 0 Å². The Labute approximate surface area is 146 Å². The molecular weight excluding hydrogens is 304 g/mol. The van der Waals surface area contributed by atoms with Crippen LogP contribution in [0.3, 0.4) is 0 Å². The average Bonchev–Trinajstić information content (AvgIpc) is 2.65. The fraction of sp³-hybridized carbons (Fsp3) is 0.684. The molecule has 1 aromatic carbocycles. The summed E-state index contributed by atoms with van der Waals surface area (Å²) in [5.41, 5.74) is 1.20. The van der Waals surface area contributed by atoms with E-state index in [1.54, 1.807) is 21.3 Å². The molecule has 0 unspecified atom stereocenters. The molecule has 1 N–H and O–H groups in total. The molecule has 0 aliphatic carbocycles. The summed E-state index contributed by atoms with van der Waals surface area (Å²) >= 11 is 0. The van der Waals surface area contributed by atoms with Crippen molar-refractivity contribution < 1.29 is 14.2 Å². The number of benzene rings is 1. The lowest BCUT2D eigenvalue weighted by atomic mass is 9.96. The van der Waals surface area contributed by atoms with Gasteiger partial charge in [-0.15, -0.1) is 0 Å². The van der Waals surface area contributed by atoms with Crippen LogP contribution in [-0.2, 0) is 0 Å². The number of methoxy groups -OCH3 is 3. The van der Waals surface area contributed by atoms with Gasteiger partial charge in [-0.3, -0.25) is 4.90 Å². The van der Waals surface area contributed by atoms with Crippen LogP contribution in [0, 0.1) is 0 Å². The maximum Gasteiger partial charge on any atom is 0.164 e. The highest BCUT2D eigenvalue weighted by molar-refractivity contribution is 5.52. The molecule has 1 atom stereocenters. The van der Waals surface area contributed by atoms with E-state index in [0.29, 0.717) is 11.8 Å². The number of nitrogens with zero attached hydrogens (tertiary/aromatic N) is 1. The van der Waals surface area contributed by atoms with Crippen LogP contribution in [0.2, 0.25) is 0 Å². The summed E-state index contributed by atoms with van der Waals surface area (Å²) < 4.78 is 16.6. The van der Waals surface area contributed by atoms with Gasteiger partial charge in [0, 0.05) is 43.9 Å². The van der Waals surface area contributed by atoms with Crippen LogP contribution < -0.4 is 19.5 Å². The van der Waals surface area contributed by atoms with Crippen LogP contribution in [0.4, 0.5) is 0 Å². The van der Waals surface area contributed by atoms with Crippen molar-refractivity contribution in [3.05, 3.63) is 17.7 Å². The normalized spacial score (nSPS) is 16.7. The predicted octanol–water partition coefficient (Wildman–Crippen LogP) is 3.24. The molecule has 0 spiro atoms. The number of nitrogens with one attached hydrogen (secondary N) is 1. The van der Waals surface area contributed by atoms with Crippen LogP contribution in [0.15, 0.2) is 12.1 Å². The number of piperazine rings is 1. The second-order valence-corrected chi connectivity index (χ2v) is 6.25. The molecule has 136 valence electrons. The quantitative estimate of drug-likeness (QED) is 0.701. The molecule has 1 saturated heterocycles. The Morgan fingerprint density at radius 3 is 2.17 bits per heavy atom. The first kappa shape index (κ1) is 18.9. The topological polar surface area (TPSA) is 43.0 Å². The number of hydrogen-bond donors (Lipinski definition) is 1. The fourth-order valence-corrected chi connectivity index (χ4v) is 3.43. The van der Waals surface area contributed by atoms with Gasteiger partial charge in [0.15, 0.2) is 11.5 Å². The molecule has 1 aromatic rings. The Balaban J connectivity index is 2.34. The molecule has 1 aliphatic heterocycles. The van der Waals surface area contributed by atoms with Gasteiger partial charge in [-0.05, 0) is 12.5 Å². The smallest absolute Gasteiger partial charge is 0.164 e. The standard InChI is InChI=1S/C19H32N2O3/c1-5-6-7-8-16(21-11-9-20-10-12-21)15-13-18(23-3)19(24-4)14-17(15)22-2/h13-14,16,20H,5-12H2,1-4H3/t16-/m0/s1. The van der Waals surface area contributed by atoms with Gasteiger partial charge in [0.25, 0.3) is 0 Å². The van der Waals surface area contributed by atoms with Crippen molar-refractivity contribution in [2.45, 2.75) is 38.6 Å². The van der Waals surface area contributed by atoms with E-state index in [1.807, 2.05) is 6.07 Å². The third kappa shape index (κ3) is 4.54. The Morgan fingerprint density at radius 1 is 0.958 bits per heavy atom. The van der Waals surface area contributed by atoms with Gasteiger partial charge >= 0.3 is 0 Å². The molecule has 1 fully saturated rings. The van der Waals surface area contributed by atoms with Crippen molar-refractivity contribution in [1.29, 1.82) is 0 Å². The second kappa shape index (κ2) is 9.74. The molecule has 0 saturated carbocycles. The van der Waals surface area contributed by atoms with E-state index in [2.05, 4.69) is 23.2 Å². The van der Waals surface area contributed by atoms with Gasteiger partial charge < -0.3 is 19.5 Å². The van der Waals surface area contributed by atoms with Gasteiger partial charge in [0.2, 0.25) is 0 Å². The maximum atomic E-state index is 5.69. The molecule has 0 bridgehead atoms. The summed E-state index contributed by atoms with van der Waals surface area (Å²) in [6.07, 6.45) is 4.86. The van der Waals surface area contributed by atoms with E-state index < -0.39 is 0 Å². The molecule has 5 nitrogen and oxygen atoms in total. The largest absolute Gasteiger partial charge is 0.496 e. The summed E-state index contributed by atoms with van der Waals surface area (Å²) in [4.78, 5) is 2.57. The van der Waals surface area contributed by atoms with Crippen molar-refractivity contribution >= 4 is 0 Å². The van der Waals surface area contributed by atoms with Crippen molar-refractivity contribution in [2.75, 3.05) is 47.5 Å². The first-order valence-corrected chi connectivity index (χ1v) is 8.99. The Kier molecular flexibility index (Phi) is 7.66. The highest BCUT2D eigenvalue weighted by Crippen LogP contribution is 2.41. The SMILES string of the molecule is CCCCC[C@@H](c1cc(OC)c(OC)cc1OC)N1CCNCC1. The van der Waals surface area contributed by atoms with Gasteiger partial charge in [-0.1, -0.05) is 26.2 Å². The first-order valence-electron chi connectivity index (χ1n) is 8.99. The Bertz CT molecular complexity index is 502. The number of unbranched alkanes of at least 4 members (excludes halogenated alkanes) is 2. The summed E-state index contributed by atoms with van der Waals surface area (Å²) in [6, 6.07) is 4.40. The molecule has 1 heterocycles. The highest BCUT2D eigenvalue weighted by Gasteiger charge is 2.26. The minimum atomic E-state index is 0.355. The lowest BCUT2D eigenvalue weighted by Crippen LogP contribution is -2.45. The lowest BCUT2D eigenvalue weighted by molar-refractivity contribution is 0.159. The van der Waals surface area contributed by atoms with Crippen molar-refractivity contribution in [3.63, 3.8) is 0 Å². The van der Waals surface area contributed by atoms with E-state index in [-0.39, 0.29) is 0 Å². The van der Waals surface area contributed by atoms with Crippen LogP contribution in [0.25, 0.3) is 0 Å². The number of hydrogen-bond acceptors (Lipinski definition) is 5. The van der Waals surface area contributed by atoms with Gasteiger partial charge in [0.05, 0.1) is 21.3 Å². The summed E-state index contributed by atoms with van der Waals surface area (Å²) in [6.45, 7) is 6.46. The molecule has 0 amide bonds. The summed E-state index contributed by atoms with van der Waals surface area (Å²) in [5, 5.41) is 3.44. The lowest BCUT2D eigenvalue weighted by Gasteiger charge is -2.36. The molecule has 5 heteroatoms. The zero-order valence-electron chi connectivity index (χ0n) is 15.6. The van der Waals surface area contributed by atoms with Crippen LogP contribution in [-0.4, -0.2) is 52.4 Å². The Hall–Kier alpha value is -1.46. The molecule has 2 rings (SSSR count). The van der Waals surface area contributed by atoms with Crippen molar-refractivity contribution in [2.24, 2.45) is 0 Å². The molecule has 0 aromatic heterocycles. The average molecular weight is 336 g/mol. The van der Waals surface area contributed by atoms with Crippen LogP contribution >= 0.6 is 0 Å². The van der Waals surface area contributed by atoms with Crippen molar-refractivity contribution in [3.8, 4) is 17.2 Å². The zero-order chi connectivity index (χ0) is 17.4. The Morgan fingerprint density at radius 2 is 1.58 bits per heavy atom. The monoisotopic (exact) mass is 336 g/mol. The molecular formula is C19H32N2O3. The minimum Gasteiger partial charge on any atom is -0.496 e. The van der Waals surface area contributed by atoms with E-state index in [1.165, 1.54) is 24.8 Å². The fourth-order valence-electron chi connectivity index (χ4n) is 3.43. The minimum absolute atomic E-state index is 0.355. The maximum absolute atomic E-state index is 5.69. The number of rotatable bonds is 9. The predicted molar refractivity (Wildman–Crippen MR) is 97.4 cm³/mol. The van der Waals surface area contributed by atoms with Crippen molar-refractivity contribution in [1.82, 2.24) is 10.2 Å². The third-order valence-corrected chi connectivity index (χ3v) is 4.77. The van der Waals surface area contributed by atoms with Gasteiger partial charge in [-0.25, -0.2) is 0 Å². The van der Waals surface area contributed by atoms with Crippen LogP contribution in [0.1, 0.15) is 44.2 Å². The van der Waals surface area contributed by atoms with E-state index >= 15 is 0 Å². The van der Waals surface area contributed by atoms with E-state index in [0.717, 1.165) is 44.1 Å². The van der Waals surface area contributed by atoms with Crippen LogP contribution in [0.5, 0.6) is 17.2 Å². The first-order chi connectivity index (χ1) is 11.7. The summed E-state index contributed by atoms with van der Waals surface area (Å²) in [5.74, 6) is 2.36. The highest BCUT2D eigenvalue weighted by atomic mass is 16.5. The van der Waals surface area contributed by atoms with E-state index in [4.69, 9.17) is 14.2 Å². The molecule has 1 aliphatic rings. The van der Waals surface area contributed by atoms with E-state index in [9.17, 15) is 0 Å². The number of ether oxygens (including phenoxy) is 3. The summed E-state index contributed by atoms with van der Waals surface area (Å²) in [7, 11) is 5.07. The zero-order valence-corrected chi connectivity index (χ0v) is 15.6. The van der Waals surface area contributed by atoms with Gasteiger partial charge in [0.1, 0.15) is 5.75 Å². The third-order valence-electron chi connectivity index (χ3n) is 4.77. The molecule has 0 radical (unpaired) electrons. The molecule has 24 heavy (non-hydrogen) atoms. The second-order valence-electron chi connectivity index (χ2n) is 6.25.